The Hall–Kier alpha value is -1.96. The molecule has 0 bridgehead atoms. The Kier molecular flexibility index (Phi) is 3.87. The Bertz CT molecular complexity index is 555. The molecule has 1 aromatic rings. The summed E-state index contributed by atoms with van der Waals surface area (Å²) in [6, 6.07) is 0.223. The molecule has 0 spiro atoms. The van der Waals surface area contributed by atoms with Crippen LogP contribution in [0.1, 0.15) is 18.1 Å². The molecule has 0 radical (unpaired) electrons. The van der Waals surface area contributed by atoms with Crippen LogP contribution < -0.4 is 10.6 Å². The van der Waals surface area contributed by atoms with E-state index in [-0.39, 0.29) is 30.9 Å². The van der Waals surface area contributed by atoms with E-state index in [0.29, 0.717) is 13.1 Å². The van der Waals surface area contributed by atoms with Crippen LogP contribution in [-0.2, 0) is 22.6 Å². The van der Waals surface area contributed by atoms with Crippen LogP contribution in [0.4, 0.5) is 0 Å². The number of hydrogen-bond donors (Lipinski definition) is 2. The lowest BCUT2D eigenvalue weighted by atomic mass is 10.1. The first-order valence-electron chi connectivity index (χ1n) is 7.30. The molecule has 2 aliphatic heterocycles. The molecular weight excluding hydrogens is 272 g/mol. The number of hydrogen-bond acceptors (Lipinski definition) is 5. The highest BCUT2D eigenvalue weighted by molar-refractivity contribution is 5.86. The van der Waals surface area contributed by atoms with Crippen molar-refractivity contribution >= 4 is 11.8 Å². The van der Waals surface area contributed by atoms with Gasteiger partial charge in [0.1, 0.15) is 11.6 Å². The maximum atomic E-state index is 12.1. The summed E-state index contributed by atoms with van der Waals surface area (Å²) in [5, 5.41) is 10.3. The van der Waals surface area contributed by atoms with Gasteiger partial charge in [0.05, 0.1) is 19.6 Å². The highest BCUT2D eigenvalue weighted by atomic mass is 16.2. The number of carbonyl (C=O) groups excluding carboxylic acids is 2. The van der Waals surface area contributed by atoms with Crippen molar-refractivity contribution < 1.29 is 9.59 Å². The Morgan fingerprint density at radius 1 is 1.52 bits per heavy atom. The molecule has 2 amide bonds. The first-order valence-corrected chi connectivity index (χ1v) is 7.30. The number of nitrogens with one attached hydrogen (secondary N) is 2. The number of piperazine rings is 1. The molecule has 114 valence electrons. The van der Waals surface area contributed by atoms with E-state index in [2.05, 4.69) is 20.7 Å². The van der Waals surface area contributed by atoms with Crippen LogP contribution in [0.3, 0.4) is 0 Å². The summed E-state index contributed by atoms with van der Waals surface area (Å²) in [7, 11) is 0. The second kappa shape index (κ2) is 5.80. The number of aryl methyl sites for hydroxylation is 2. The first kappa shape index (κ1) is 14.0. The molecule has 3 heterocycles. The minimum atomic E-state index is -0.0880. The molecule has 3 rings (SSSR count). The largest absolute Gasteiger partial charge is 0.353 e. The van der Waals surface area contributed by atoms with Crippen molar-refractivity contribution in [1.29, 1.82) is 0 Å². The highest BCUT2D eigenvalue weighted by Crippen LogP contribution is 2.12. The lowest BCUT2D eigenvalue weighted by molar-refractivity contribution is -0.137. The molecule has 0 saturated carbocycles. The van der Waals surface area contributed by atoms with E-state index in [4.69, 9.17) is 0 Å². The van der Waals surface area contributed by atoms with E-state index in [9.17, 15) is 9.59 Å². The second-order valence-corrected chi connectivity index (χ2v) is 5.54. The molecule has 0 aliphatic carbocycles. The Balaban J connectivity index is 1.49. The van der Waals surface area contributed by atoms with Crippen LogP contribution in [0.25, 0.3) is 0 Å². The molecule has 8 nitrogen and oxygen atoms in total. The predicted molar refractivity (Wildman–Crippen MR) is 74.5 cm³/mol. The van der Waals surface area contributed by atoms with Crippen molar-refractivity contribution in [2.45, 2.75) is 32.4 Å². The van der Waals surface area contributed by atoms with Crippen LogP contribution in [0, 0.1) is 6.92 Å². The number of fused-ring (bicyclic) bond motifs is 1. The molecule has 0 unspecified atom stereocenters. The SMILES string of the molecule is Cc1nc2n(n1)C[C@@H](NCC(=O)N1CCNC(=O)C1)CC2. The van der Waals surface area contributed by atoms with Gasteiger partial charge in [0.25, 0.3) is 0 Å². The Labute approximate surface area is 122 Å². The maximum Gasteiger partial charge on any atom is 0.239 e. The normalized spacial score (nSPS) is 21.9. The van der Waals surface area contributed by atoms with E-state index >= 15 is 0 Å². The molecular formula is C13H20N6O2. The van der Waals surface area contributed by atoms with Gasteiger partial charge in [-0.05, 0) is 13.3 Å². The standard InChI is InChI=1S/C13H20N6O2/c1-9-16-11-3-2-10(7-19(11)17-9)15-6-13(21)18-5-4-14-12(20)8-18/h10,15H,2-8H2,1H3,(H,14,20)/t10-/m0/s1. The van der Waals surface area contributed by atoms with Crippen molar-refractivity contribution in [3.63, 3.8) is 0 Å². The summed E-state index contributed by atoms with van der Waals surface area (Å²) in [6.07, 6.45) is 1.82. The van der Waals surface area contributed by atoms with Gasteiger partial charge in [-0.1, -0.05) is 0 Å². The van der Waals surface area contributed by atoms with Gasteiger partial charge in [-0.2, -0.15) is 5.10 Å². The molecule has 1 aromatic heterocycles. The monoisotopic (exact) mass is 292 g/mol. The predicted octanol–water partition coefficient (Wildman–Crippen LogP) is -1.55. The summed E-state index contributed by atoms with van der Waals surface area (Å²) >= 11 is 0. The van der Waals surface area contributed by atoms with Gasteiger partial charge in [0, 0.05) is 25.6 Å². The van der Waals surface area contributed by atoms with Crippen molar-refractivity contribution in [3.05, 3.63) is 11.6 Å². The molecule has 0 aromatic carbocycles. The third-order valence-corrected chi connectivity index (χ3v) is 3.90. The third-order valence-electron chi connectivity index (χ3n) is 3.90. The zero-order valence-corrected chi connectivity index (χ0v) is 12.1. The van der Waals surface area contributed by atoms with Gasteiger partial charge in [-0.15, -0.1) is 0 Å². The molecule has 2 N–H and O–H groups in total. The zero-order chi connectivity index (χ0) is 14.8. The van der Waals surface area contributed by atoms with Gasteiger partial charge >= 0.3 is 0 Å². The van der Waals surface area contributed by atoms with Crippen LogP contribution in [0.15, 0.2) is 0 Å². The van der Waals surface area contributed by atoms with Crippen molar-refractivity contribution in [2.75, 3.05) is 26.2 Å². The smallest absolute Gasteiger partial charge is 0.239 e. The zero-order valence-electron chi connectivity index (χ0n) is 12.1. The molecule has 8 heteroatoms. The number of carbonyl (C=O) groups is 2. The van der Waals surface area contributed by atoms with E-state index in [1.54, 1.807) is 4.90 Å². The molecule has 2 aliphatic rings. The van der Waals surface area contributed by atoms with Crippen molar-refractivity contribution in [2.24, 2.45) is 0 Å². The molecule has 1 fully saturated rings. The molecule has 21 heavy (non-hydrogen) atoms. The van der Waals surface area contributed by atoms with Gasteiger partial charge in [0.2, 0.25) is 11.8 Å². The molecule has 1 atom stereocenters. The van der Waals surface area contributed by atoms with Crippen LogP contribution in [-0.4, -0.2) is 63.7 Å². The average molecular weight is 292 g/mol. The Morgan fingerprint density at radius 2 is 2.38 bits per heavy atom. The maximum absolute atomic E-state index is 12.1. The van der Waals surface area contributed by atoms with E-state index < -0.39 is 0 Å². The minimum Gasteiger partial charge on any atom is -0.353 e. The molecule has 1 saturated heterocycles. The fraction of sp³-hybridized carbons (Fsp3) is 0.692. The summed E-state index contributed by atoms with van der Waals surface area (Å²) in [5.74, 6) is 1.70. The first-order chi connectivity index (χ1) is 10.1. The summed E-state index contributed by atoms with van der Waals surface area (Å²) in [6.45, 7) is 4.18. The van der Waals surface area contributed by atoms with E-state index in [1.807, 2.05) is 11.6 Å². The van der Waals surface area contributed by atoms with Crippen molar-refractivity contribution in [3.8, 4) is 0 Å². The topological polar surface area (TPSA) is 92.2 Å². The van der Waals surface area contributed by atoms with Gasteiger partial charge in [-0.25, -0.2) is 9.67 Å². The summed E-state index contributed by atoms with van der Waals surface area (Å²) in [5.41, 5.74) is 0. The summed E-state index contributed by atoms with van der Waals surface area (Å²) < 4.78 is 1.91. The number of rotatable bonds is 3. The number of nitrogens with zero attached hydrogens (tertiary/aromatic N) is 4. The van der Waals surface area contributed by atoms with Gasteiger partial charge in [0.15, 0.2) is 0 Å². The van der Waals surface area contributed by atoms with Crippen LogP contribution in [0.2, 0.25) is 0 Å². The van der Waals surface area contributed by atoms with E-state index in [1.165, 1.54) is 0 Å². The lowest BCUT2D eigenvalue weighted by Crippen LogP contribution is -2.53. The summed E-state index contributed by atoms with van der Waals surface area (Å²) in [4.78, 5) is 29.3. The quantitative estimate of drug-likeness (QED) is 0.704. The van der Waals surface area contributed by atoms with E-state index in [0.717, 1.165) is 31.0 Å². The minimum absolute atomic E-state index is 0.0228. The van der Waals surface area contributed by atoms with Gasteiger partial charge < -0.3 is 15.5 Å². The van der Waals surface area contributed by atoms with Crippen LogP contribution >= 0.6 is 0 Å². The van der Waals surface area contributed by atoms with Gasteiger partial charge in [-0.3, -0.25) is 9.59 Å². The fourth-order valence-corrected chi connectivity index (χ4v) is 2.80. The van der Waals surface area contributed by atoms with Crippen molar-refractivity contribution in [1.82, 2.24) is 30.3 Å². The number of aromatic nitrogens is 3. The average Bonchev–Trinajstić information content (AvgIpc) is 2.84. The number of amides is 2. The lowest BCUT2D eigenvalue weighted by Gasteiger charge is -2.28. The third kappa shape index (κ3) is 3.21. The highest BCUT2D eigenvalue weighted by Gasteiger charge is 2.24. The Morgan fingerprint density at radius 3 is 3.19 bits per heavy atom. The fourth-order valence-electron chi connectivity index (χ4n) is 2.80. The second-order valence-electron chi connectivity index (χ2n) is 5.54. The van der Waals surface area contributed by atoms with Crippen LogP contribution in [0.5, 0.6) is 0 Å².